The summed E-state index contributed by atoms with van der Waals surface area (Å²) in [7, 11) is 0. The molecule has 1 saturated heterocycles. The second kappa shape index (κ2) is 5.64. The Kier molecular flexibility index (Phi) is 4.23. The summed E-state index contributed by atoms with van der Waals surface area (Å²) in [6.45, 7) is 8.71. The monoisotopic (exact) mass is 295 g/mol. The van der Waals surface area contributed by atoms with E-state index in [9.17, 15) is 9.18 Å². The van der Waals surface area contributed by atoms with Crippen molar-refractivity contribution in [3.63, 3.8) is 0 Å². The highest BCUT2D eigenvalue weighted by Gasteiger charge is 2.37. The Bertz CT molecular complexity index is 509. The molecule has 5 heteroatoms. The van der Waals surface area contributed by atoms with Crippen LogP contribution in [0.2, 0.25) is 0 Å². The molecule has 0 spiro atoms. The predicted octanol–water partition coefficient (Wildman–Crippen LogP) is 3.31. The van der Waals surface area contributed by atoms with Gasteiger partial charge in [0.15, 0.2) is 0 Å². The van der Waals surface area contributed by atoms with E-state index in [0.29, 0.717) is 19.7 Å². The van der Waals surface area contributed by atoms with Gasteiger partial charge in [-0.15, -0.1) is 0 Å². The van der Waals surface area contributed by atoms with Gasteiger partial charge in [-0.1, -0.05) is 12.1 Å². The number of hydrogen-bond acceptors (Lipinski definition) is 3. The maximum atomic E-state index is 13.0. The van der Waals surface area contributed by atoms with E-state index in [1.165, 1.54) is 12.1 Å². The van der Waals surface area contributed by atoms with E-state index in [-0.39, 0.29) is 11.9 Å². The summed E-state index contributed by atoms with van der Waals surface area (Å²) >= 11 is 0. The molecule has 0 N–H and O–H groups in total. The third kappa shape index (κ3) is 3.94. The van der Waals surface area contributed by atoms with Crippen LogP contribution in [0, 0.1) is 5.82 Å². The summed E-state index contributed by atoms with van der Waals surface area (Å²) < 4.78 is 24.3. The van der Waals surface area contributed by atoms with E-state index in [1.807, 2.05) is 27.7 Å². The smallest absolute Gasteiger partial charge is 0.410 e. The highest BCUT2D eigenvalue weighted by molar-refractivity contribution is 5.68. The number of ether oxygens (including phenoxy) is 2. The van der Waals surface area contributed by atoms with Crippen molar-refractivity contribution in [1.29, 1.82) is 0 Å². The van der Waals surface area contributed by atoms with Gasteiger partial charge < -0.3 is 14.4 Å². The minimum absolute atomic E-state index is 0.290. The summed E-state index contributed by atoms with van der Waals surface area (Å²) in [5, 5.41) is 0. The van der Waals surface area contributed by atoms with Crippen LogP contribution in [0.25, 0.3) is 0 Å². The van der Waals surface area contributed by atoms with Crippen LogP contribution in [0.15, 0.2) is 24.3 Å². The first-order chi connectivity index (χ1) is 9.70. The molecule has 0 aliphatic carbocycles. The quantitative estimate of drug-likeness (QED) is 0.798. The number of halogens is 1. The lowest BCUT2D eigenvalue weighted by Crippen LogP contribution is -2.51. The molecule has 0 radical (unpaired) electrons. The zero-order chi connectivity index (χ0) is 15.7. The van der Waals surface area contributed by atoms with Crippen molar-refractivity contribution in [1.82, 2.24) is 4.90 Å². The lowest BCUT2D eigenvalue weighted by Gasteiger charge is -2.41. The fourth-order valence-electron chi connectivity index (χ4n) is 2.33. The van der Waals surface area contributed by atoms with Gasteiger partial charge in [-0.3, -0.25) is 0 Å². The second-order valence-corrected chi connectivity index (χ2v) is 6.49. The third-order valence-electron chi connectivity index (χ3n) is 3.38. The molecule has 0 saturated carbocycles. The van der Waals surface area contributed by atoms with E-state index < -0.39 is 11.2 Å². The number of carbonyl (C=O) groups excluding carboxylic acids is 1. The molecule has 21 heavy (non-hydrogen) atoms. The van der Waals surface area contributed by atoms with Crippen molar-refractivity contribution < 1.29 is 18.7 Å². The predicted molar refractivity (Wildman–Crippen MR) is 77.5 cm³/mol. The van der Waals surface area contributed by atoms with Gasteiger partial charge >= 0.3 is 6.09 Å². The number of rotatable bonds is 1. The Morgan fingerprint density at radius 2 is 1.95 bits per heavy atom. The molecule has 1 aromatic rings. The SMILES string of the molecule is CC(C)(C)OC(=O)N1CCO[C@](C)(c2ccc(F)cc2)C1. The molecule has 1 heterocycles. The minimum atomic E-state index is -0.650. The van der Waals surface area contributed by atoms with Crippen LogP contribution in [0.5, 0.6) is 0 Å². The molecular weight excluding hydrogens is 273 g/mol. The molecule has 1 atom stereocenters. The molecule has 116 valence electrons. The highest BCUT2D eigenvalue weighted by atomic mass is 19.1. The van der Waals surface area contributed by atoms with E-state index in [2.05, 4.69) is 0 Å². The van der Waals surface area contributed by atoms with Gasteiger partial charge in [-0.2, -0.15) is 0 Å². The number of nitrogens with zero attached hydrogens (tertiary/aromatic N) is 1. The zero-order valence-corrected chi connectivity index (χ0v) is 13.0. The van der Waals surface area contributed by atoms with Gasteiger partial charge in [-0.05, 0) is 45.4 Å². The molecule has 0 aromatic heterocycles. The third-order valence-corrected chi connectivity index (χ3v) is 3.38. The first-order valence-corrected chi connectivity index (χ1v) is 7.08. The van der Waals surface area contributed by atoms with Gasteiger partial charge in [0.1, 0.15) is 17.0 Å². The molecule has 0 bridgehead atoms. The van der Waals surface area contributed by atoms with Crippen molar-refractivity contribution >= 4 is 6.09 Å². The van der Waals surface area contributed by atoms with Gasteiger partial charge in [0.05, 0.1) is 13.2 Å². The molecule has 1 aromatic carbocycles. The van der Waals surface area contributed by atoms with Crippen molar-refractivity contribution in [2.45, 2.75) is 38.9 Å². The topological polar surface area (TPSA) is 38.8 Å². The van der Waals surface area contributed by atoms with Crippen LogP contribution >= 0.6 is 0 Å². The maximum absolute atomic E-state index is 13.0. The average molecular weight is 295 g/mol. The van der Waals surface area contributed by atoms with Crippen LogP contribution in [0.4, 0.5) is 9.18 Å². The van der Waals surface area contributed by atoms with Crippen LogP contribution in [-0.2, 0) is 15.1 Å². The fourth-order valence-corrected chi connectivity index (χ4v) is 2.33. The lowest BCUT2D eigenvalue weighted by atomic mass is 9.94. The summed E-state index contributed by atoms with van der Waals surface area (Å²) in [4.78, 5) is 13.8. The Morgan fingerprint density at radius 3 is 2.52 bits per heavy atom. The molecule has 1 fully saturated rings. The highest BCUT2D eigenvalue weighted by Crippen LogP contribution is 2.30. The van der Waals surface area contributed by atoms with Crippen LogP contribution < -0.4 is 0 Å². The zero-order valence-electron chi connectivity index (χ0n) is 13.0. The minimum Gasteiger partial charge on any atom is -0.444 e. The van der Waals surface area contributed by atoms with Crippen molar-refractivity contribution in [3.8, 4) is 0 Å². The summed E-state index contributed by atoms with van der Waals surface area (Å²) in [6, 6.07) is 6.18. The van der Waals surface area contributed by atoms with E-state index in [1.54, 1.807) is 17.0 Å². The van der Waals surface area contributed by atoms with Gasteiger partial charge in [-0.25, -0.2) is 9.18 Å². The first-order valence-electron chi connectivity index (χ1n) is 7.08. The van der Waals surface area contributed by atoms with Crippen molar-refractivity contribution in [2.24, 2.45) is 0 Å². The average Bonchev–Trinajstić information content (AvgIpc) is 2.37. The molecule has 1 aliphatic rings. The van der Waals surface area contributed by atoms with Crippen LogP contribution in [0.1, 0.15) is 33.3 Å². The Morgan fingerprint density at radius 1 is 1.33 bits per heavy atom. The lowest BCUT2D eigenvalue weighted by molar-refractivity contribution is -0.103. The summed E-state index contributed by atoms with van der Waals surface area (Å²) in [6.07, 6.45) is -0.348. The molecule has 2 rings (SSSR count). The Labute approximate surface area is 124 Å². The summed E-state index contributed by atoms with van der Waals surface area (Å²) in [5.41, 5.74) is -0.331. The van der Waals surface area contributed by atoms with Crippen molar-refractivity contribution in [2.75, 3.05) is 19.7 Å². The Balaban J connectivity index is 2.12. The maximum Gasteiger partial charge on any atom is 0.410 e. The largest absolute Gasteiger partial charge is 0.444 e. The second-order valence-electron chi connectivity index (χ2n) is 6.49. The molecule has 1 aliphatic heterocycles. The van der Waals surface area contributed by atoms with E-state index in [0.717, 1.165) is 5.56 Å². The molecule has 1 amide bonds. The number of carbonyl (C=O) groups is 1. The first kappa shape index (κ1) is 15.8. The van der Waals surface area contributed by atoms with Crippen LogP contribution in [-0.4, -0.2) is 36.3 Å². The Hall–Kier alpha value is -1.62. The van der Waals surface area contributed by atoms with Gasteiger partial charge in [0, 0.05) is 6.54 Å². The number of hydrogen-bond donors (Lipinski definition) is 0. The fraction of sp³-hybridized carbons (Fsp3) is 0.562. The van der Waals surface area contributed by atoms with Crippen molar-refractivity contribution in [3.05, 3.63) is 35.6 Å². The molecule has 4 nitrogen and oxygen atoms in total. The van der Waals surface area contributed by atoms with Gasteiger partial charge in [0.2, 0.25) is 0 Å². The number of morpholine rings is 1. The number of amides is 1. The normalized spacial score (nSPS) is 23.0. The van der Waals surface area contributed by atoms with Gasteiger partial charge in [0.25, 0.3) is 0 Å². The van der Waals surface area contributed by atoms with E-state index in [4.69, 9.17) is 9.47 Å². The molecular formula is C16H22FNO3. The van der Waals surface area contributed by atoms with Crippen LogP contribution in [0.3, 0.4) is 0 Å². The van der Waals surface area contributed by atoms with E-state index >= 15 is 0 Å². The standard InChI is InChI=1S/C16H22FNO3/c1-15(2,3)21-14(19)18-9-10-20-16(4,11-18)12-5-7-13(17)8-6-12/h5-8H,9-11H2,1-4H3/t16-/m0/s1. The molecule has 0 unspecified atom stereocenters. The summed E-state index contributed by atoms with van der Waals surface area (Å²) in [5.74, 6) is -0.290. The number of benzene rings is 1.